The molecular formula is C17H14N4O. The zero-order valence-corrected chi connectivity index (χ0v) is 11.8. The van der Waals surface area contributed by atoms with Crippen molar-refractivity contribution >= 4 is 22.2 Å². The topological polar surface area (TPSA) is 76.4 Å². The summed E-state index contributed by atoms with van der Waals surface area (Å²) in [4.78, 5) is 0. The lowest BCUT2D eigenvalue weighted by Gasteiger charge is -2.08. The smallest absolute Gasteiger partial charge is 0.163 e. The van der Waals surface area contributed by atoms with Crippen LogP contribution in [0.25, 0.3) is 27.7 Å². The minimum atomic E-state index is 0.0515. The number of benzene rings is 2. The fourth-order valence-electron chi connectivity index (χ4n) is 2.70. The summed E-state index contributed by atoms with van der Waals surface area (Å²) in [6, 6.07) is 15.8. The van der Waals surface area contributed by atoms with Gasteiger partial charge in [-0.05, 0) is 22.8 Å². The first-order valence-electron chi connectivity index (χ1n) is 6.98. The first-order chi connectivity index (χ1) is 10.8. The molecule has 5 nitrogen and oxygen atoms in total. The Bertz CT molecular complexity index is 973. The average Bonchev–Trinajstić information content (AvgIpc) is 3.03. The predicted molar refractivity (Wildman–Crippen MR) is 86.3 cm³/mol. The van der Waals surface area contributed by atoms with Crippen LogP contribution in [-0.4, -0.2) is 19.7 Å². The van der Waals surface area contributed by atoms with Crippen LogP contribution in [0.4, 0.5) is 5.69 Å². The van der Waals surface area contributed by atoms with Gasteiger partial charge in [0.05, 0.1) is 12.1 Å². The third-order valence-electron chi connectivity index (χ3n) is 3.90. The molecule has 22 heavy (non-hydrogen) atoms. The van der Waals surface area contributed by atoms with Gasteiger partial charge in [0.1, 0.15) is 6.33 Å². The third kappa shape index (κ3) is 1.91. The summed E-state index contributed by atoms with van der Waals surface area (Å²) in [6.45, 7) is 0.0515. The van der Waals surface area contributed by atoms with Crippen LogP contribution >= 0.6 is 0 Å². The number of fused-ring (bicyclic) bond motifs is 3. The number of nitrogens with two attached hydrogens (primary N) is 1. The Balaban J connectivity index is 1.95. The van der Waals surface area contributed by atoms with Gasteiger partial charge in [0.25, 0.3) is 0 Å². The molecule has 0 spiro atoms. The van der Waals surface area contributed by atoms with Crippen molar-refractivity contribution < 1.29 is 5.11 Å². The Labute approximate surface area is 126 Å². The number of nitrogens with zero attached hydrogens (tertiary/aromatic N) is 3. The molecule has 0 aliphatic heterocycles. The highest BCUT2D eigenvalue weighted by atomic mass is 16.3. The number of anilines is 1. The molecule has 3 N–H and O–H groups in total. The number of rotatable bonds is 2. The van der Waals surface area contributed by atoms with E-state index in [2.05, 4.69) is 16.3 Å². The number of hydrogen-bond acceptors (Lipinski definition) is 4. The molecule has 0 unspecified atom stereocenters. The van der Waals surface area contributed by atoms with E-state index < -0.39 is 0 Å². The van der Waals surface area contributed by atoms with Crippen LogP contribution in [0, 0.1) is 0 Å². The molecule has 2 aromatic heterocycles. The molecule has 0 fully saturated rings. The van der Waals surface area contributed by atoms with E-state index >= 15 is 0 Å². The van der Waals surface area contributed by atoms with E-state index in [1.54, 1.807) is 6.33 Å². The summed E-state index contributed by atoms with van der Waals surface area (Å²) in [6.07, 6.45) is 1.69. The molecule has 4 aromatic rings. The van der Waals surface area contributed by atoms with Gasteiger partial charge < -0.3 is 10.8 Å². The van der Waals surface area contributed by atoms with E-state index in [1.807, 2.05) is 46.9 Å². The van der Waals surface area contributed by atoms with Crippen molar-refractivity contribution in [2.45, 2.75) is 6.61 Å². The van der Waals surface area contributed by atoms with E-state index in [4.69, 9.17) is 10.8 Å². The van der Waals surface area contributed by atoms with Crippen LogP contribution in [0.15, 0.2) is 54.9 Å². The third-order valence-corrected chi connectivity index (χ3v) is 3.90. The standard InChI is InChI=1S/C17H14N4O/c18-15-8-17-20-19-10-21(17)16-7-13(5-6-14(15)16)12-3-1-11(9-22)2-4-12/h1-8,10,22H,9,18H2. The number of aliphatic hydroxyl groups is 1. The molecule has 0 atom stereocenters. The second kappa shape index (κ2) is 4.82. The minimum Gasteiger partial charge on any atom is -0.398 e. The number of pyridine rings is 1. The molecule has 0 saturated heterocycles. The molecule has 108 valence electrons. The largest absolute Gasteiger partial charge is 0.398 e. The first-order valence-corrected chi connectivity index (χ1v) is 6.98. The molecule has 2 aromatic carbocycles. The van der Waals surface area contributed by atoms with Crippen molar-refractivity contribution in [3.05, 3.63) is 60.4 Å². The zero-order chi connectivity index (χ0) is 15.1. The molecule has 0 aliphatic carbocycles. The molecule has 2 heterocycles. The van der Waals surface area contributed by atoms with Gasteiger partial charge in [0.15, 0.2) is 5.65 Å². The van der Waals surface area contributed by atoms with Gasteiger partial charge in [-0.25, -0.2) is 0 Å². The maximum Gasteiger partial charge on any atom is 0.163 e. The van der Waals surface area contributed by atoms with Gasteiger partial charge in [-0.15, -0.1) is 10.2 Å². The zero-order valence-electron chi connectivity index (χ0n) is 11.8. The number of hydrogen-bond donors (Lipinski definition) is 2. The van der Waals surface area contributed by atoms with Crippen LogP contribution < -0.4 is 5.73 Å². The molecular weight excluding hydrogens is 276 g/mol. The SMILES string of the molecule is Nc1cc2nncn2c2cc(-c3ccc(CO)cc3)ccc12. The predicted octanol–water partition coefficient (Wildman–Crippen LogP) is 2.62. The Morgan fingerprint density at radius 3 is 2.55 bits per heavy atom. The van der Waals surface area contributed by atoms with Crippen molar-refractivity contribution in [2.24, 2.45) is 0 Å². The Morgan fingerprint density at radius 2 is 1.77 bits per heavy atom. The van der Waals surface area contributed by atoms with Gasteiger partial charge in [0, 0.05) is 17.1 Å². The minimum absolute atomic E-state index is 0.0515. The highest BCUT2D eigenvalue weighted by molar-refractivity contribution is 5.95. The van der Waals surface area contributed by atoms with Crippen molar-refractivity contribution in [1.29, 1.82) is 0 Å². The van der Waals surface area contributed by atoms with Crippen LogP contribution in [0.3, 0.4) is 0 Å². The number of nitrogen functional groups attached to an aromatic ring is 1. The van der Waals surface area contributed by atoms with Crippen molar-refractivity contribution in [3.63, 3.8) is 0 Å². The van der Waals surface area contributed by atoms with Crippen LogP contribution in [-0.2, 0) is 6.61 Å². The molecule has 0 amide bonds. The fraction of sp³-hybridized carbons (Fsp3) is 0.0588. The summed E-state index contributed by atoms with van der Waals surface area (Å²) < 4.78 is 1.93. The Hall–Kier alpha value is -2.92. The second-order valence-electron chi connectivity index (χ2n) is 5.25. The maximum absolute atomic E-state index is 9.13. The van der Waals surface area contributed by atoms with E-state index in [-0.39, 0.29) is 6.61 Å². The lowest BCUT2D eigenvalue weighted by atomic mass is 10.0. The summed E-state index contributed by atoms with van der Waals surface area (Å²) >= 11 is 0. The van der Waals surface area contributed by atoms with Gasteiger partial charge in [-0.3, -0.25) is 4.40 Å². The fourth-order valence-corrected chi connectivity index (χ4v) is 2.70. The Kier molecular flexibility index (Phi) is 2.80. The Morgan fingerprint density at radius 1 is 1.00 bits per heavy atom. The summed E-state index contributed by atoms with van der Waals surface area (Å²) in [5, 5.41) is 18.1. The van der Waals surface area contributed by atoms with Crippen LogP contribution in [0.2, 0.25) is 0 Å². The summed E-state index contributed by atoms with van der Waals surface area (Å²) in [5.41, 5.74) is 11.6. The van der Waals surface area contributed by atoms with Crippen molar-refractivity contribution in [1.82, 2.24) is 14.6 Å². The van der Waals surface area contributed by atoms with Crippen molar-refractivity contribution in [3.8, 4) is 11.1 Å². The lowest BCUT2D eigenvalue weighted by Crippen LogP contribution is -1.94. The number of aromatic nitrogens is 3. The molecule has 5 heteroatoms. The quantitative estimate of drug-likeness (QED) is 0.595. The monoisotopic (exact) mass is 290 g/mol. The van der Waals surface area contributed by atoms with Crippen molar-refractivity contribution in [2.75, 3.05) is 5.73 Å². The lowest BCUT2D eigenvalue weighted by molar-refractivity contribution is 0.282. The molecule has 4 rings (SSSR count). The summed E-state index contributed by atoms with van der Waals surface area (Å²) in [7, 11) is 0. The molecule has 0 aliphatic rings. The maximum atomic E-state index is 9.13. The van der Waals surface area contributed by atoms with E-state index in [1.165, 1.54) is 0 Å². The second-order valence-corrected chi connectivity index (χ2v) is 5.25. The molecule has 0 saturated carbocycles. The van der Waals surface area contributed by atoms with Gasteiger partial charge >= 0.3 is 0 Å². The van der Waals surface area contributed by atoms with Gasteiger partial charge in [-0.2, -0.15) is 0 Å². The van der Waals surface area contributed by atoms with Crippen LogP contribution in [0.5, 0.6) is 0 Å². The number of aliphatic hydroxyl groups excluding tert-OH is 1. The van der Waals surface area contributed by atoms with Gasteiger partial charge in [-0.1, -0.05) is 36.4 Å². The average molecular weight is 290 g/mol. The van der Waals surface area contributed by atoms with E-state index in [0.29, 0.717) is 5.69 Å². The molecule has 0 radical (unpaired) electrons. The van der Waals surface area contributed by atoms with E-state index in [9.17, 15) is 0 Å². The highest BCUT2D eigenvalue weighted by Gasteiger charge is 2.07. The van der Waals surface area contributed by atoms with E-state index in [0.717, 1.165) is 33.2 Å². The normalized spacial score (nSPS) is 11.3. The van der Waals surface area contributed by atoms with Crippen LogP contribution in [0.1, 0.15) is 5.56 Å². The highest BCUT2D eigenvalue weighted by Crippen LogP contribution is 2.28. The molecule has 0 bridgehead atoms. The first kappa shape index (κ1) is 12.8. The summed E-state index contributed by atoms with van der Waals surface area (Å²) in [5.74, 6) is 0. The van der Waals surface area contributed by atoms with Gasteiger partial charge in [0.2, 0.25) is 0 Å².